The van der Waals surface area contributed by atoms with Crippen molar-refractivity contribution in [1.29, 1.82) is 0 Å². The monoisotopic (exact) mass is 452 g/mol. The molecule has 0 saturated carbocycles. The summed E-state index contributed by atoms with van der Waals surface area (Å²) < 4.78 is 5.27. The third-order valence-corrected chi connectivity index (χ3v) is 5.61. The number of anilines is 2. The third-order valence-electron chi connectivity index (χ3n) is 5.14. The highest BCUT2D eigenvalue weighted by Crippen LogP contribution is 2.32. The lowest BCUT2D eigenvalue weighted by atomic mass is 10.1. The van der Waals surface area contributed by atoms with Gasteiger partial charge in [0.15, 0.2) is 0 Å². The summed E-state index contributed by atoms with van der Waals surface area (Å²) in [6.45, 7) is 4.11. The van der Waals surface area contributed by atoms with Crippen molar-refractivity contribution in [1.82, 2.24) is 4.90 Å². The predicted octanol–water partition coefficient (Wildman–Crippen LogP) is 4.06. The zero-order valence-corrected chi connectivity index (χ0v) is 18.1. The molecule has 0 aliphatic carbocycles. The standard InChI is InChI=1S/C20H22Cl2N4O4/c1-13(20(27)23-16-11-14(21)4-6-19(16)30-2)24-7-9-25(10-8-24)17-5-3-15(22)12-18(17)26(28)29/h3-6,11-13H,7-10H2,1-2H3,(H,23,27). The fourth-order valence-corrected chi connectivity index (χ4v) is 3.78. The van der Waals surface area contributed by atoms with Gasteiger partial charge in [-0.05, 0) is 37.3 Å². The summed E-state index contributed by atoms with van der Waals surface area (Å²) in [4.78, 5) is 27.7. The molecule has 1 N–H and O–H groups in total. The Morgan fingerprint density at radius 3 is 2.40 bits per heavy atom. The van der Waals surface area contributed by atoms with Gasteiger partial charge >= 0.3 is 0 Å². The SMILES string of the molecule is COc1ccc(Cl)cc1NC(=O)C(C)N1CCN(c2ccc(Cl)cc2[N+](=O)[O-])CC1. The Kier molecular flexibility index (Phi) is 7.02. The molecule has 1 aliphatic rings. The number of rotatable bonds is 6. The van der Waals surface area contributed by atoms with E-state index in [0.29, 0.717) is 53.3 Å². The Hall–Kier alpha value is -2.55. The van der Waals surface area contributed by atoms with E-state index in [0.717, 1.165) is 0 Å². The van der Waals surface area contributed by atoms with E-state index in [-0.39, 0.29) is 11.6 Å². The number of carbonyl (C=O) groups excluding carboxylic acids is 1. The van der Waals surface area contributed by atoms with Crippen molar-refractivity contribution in [2.24, 2.45) is 0 Å². The van der Waals surface area contributed by atoms with Crippen molar-refractivity contribution in [3.8, 4) is 5.75 Å². The second kappa shape index (κ2) is 9.51. The van der Waals surface area contributed by atoms with Gasteiger partial charge in [-0.25, -0.2) is 0 Å². The molecule has 8 nitrogen and oxygen atoms in total. The van der Waals surface area contributed by atoms with Crippen LogP contribution in [0.1, 0.15) is 6.92 Å². The largest absolute Gasteiger partial charge is 0.495 e. The van der Waals surface area contributed by atoms with E-state index in [9.17, 15) is 14.9 Å². The quantitative estimate of drug-likeness (QED) is 0.525. The van der Waals surface area contributed by atoms with Crippen LogP contribution < -0.4 is 15.0 Å². The molecule has 1 aliphatic heterocycles. The van der Waals surface area contributed by atoms with Gasteiger partial charge in [-0.2, -0.15) is 0 Å². The summed E-state index contributed by atoms with van der Waals surface area (Å²) >= 11 is 11.9. The minimum absolute atomic E-state index is 0.0187. The molecule has 2 aromatic carbocycles. The molecular weight excluding hydrogens is 431 g/mol. The van der Waals surface area contributed by atoms with Crippen molar-refractivity contribution in [3.05, 3.63) is 56.6 Å². The van der Waals surface area contributed by atoms with Gasteiger partial charge in [0, 0.05) is 42.3 Å². The lowest BCUT2D eigenvalue weighted by molar-refractivity contribution is -0.384. The van der Waals surface area contributed by atoms with Crippen LogP contribution >= 0.6 is 23.2 Å². The molecule has 0 radical (unpaired) electrons. The number of carbonyl (C=O) groups is 1. The van der Waals surface area contributed by atoms with E-state index in [1.54, 1.807) is 30.3 Å². The summed E-state index contributed by atoms with van der Waals surface area (Å²) in [6.07, 6.45) is 0. The maximum atomic E-state index is 12.8. The van der Waals surface area contributed by atoms with Crippen LogP contribution in [-0.2, 0) is 4.79 Å². The summed E-state index contributed by atoms with van der Waals surface area (Å²) in [5.74, 6) is 0.348. The van der Waals surface area contributed by atoms with Crippen LogP contribution in [0.25, 0.3) is 0 Å². The summed E-state index contributed by atoms with van der Waals surface area (Å²) in [5, 5.41) is 15.1. The molecule has 30 heavy (non-hydrogen) atoms. The van der Waals surface area contributed by atoms with Crippen molar-refractivity contribution >= 4 is 46.2 Å². The second-order valence-corrected chi connectivity index (χ2v) is 7.80. The number of halogens is 2. The first-order valence-electron chi connectivity index (χ1n) is 9.37. The fraction of sp³-hybridized carbons (Fsp3) is 0.350. The van der Waals surface area contributed by atoms with Gasteiger partial charge in [0.05, 0.1) is 23.8 Å². The lowest BCUT2D eigenvalue weighted by Gasteiger charge is -2.38. The molecule has 2 aromatic rings. The smallest absolute Gasteiger partial charge is 0.294 e. The van der Waals surface area contributed by atoms with E-state index < -0.39 is 11.0 Å². The van der Waals surface area contributed by atoms with Crippen molar-refractivity contribution < 1.29 is 14.5 Å². The zero-order valence-electron chi connectivity index (χ0n) is 16.6. The molecule has 3 rings (SSSR count). The van der Waals surface area contributed by atoms with Gasteiger partial charge in [0.25, 0.3) is 5.69 Å². The Balaban J connectivity index is 1.64. The number of nitro benzene ring substituents is 1. The normalized spacial score (nSPS) is 15.5. The molecule has 1 fully saturated rings. The van der Waals surface area contributed by atoms with E-state index in [1.165, 1.54) is 13.2 Å². The average Bonchev–Trinajstić information content (AvgIpc) is 2.73. The predicted molar refractivity (Wildman–Crippen MR) is 118 cm³/mol. The minimum atomic E-state index is -0.429. The van der Waals surface area contributed by atoms with Crippen LogP contribution in [-0.4, -0.2) is 55.1 Å². The molecule has 0 bridgehead atoms. The highest BCUT2D eigenvalue weighted by atomic mass is 35.5. The maximum Gasteiger partial charge on any atom is 0.294 e. The molecule has 160 valence electrons. The summed E-state index contributed by atoms with van der Waals surface area (Å²) in [7, 11) is 1.53. The van der Waals surface area contributed by atoms with Crippen molar-refractivity contribution in [3.63, 3.8) is 0 Å². The van der Waals surface area contributed by atoms with Crippen LogP contribution in [0.4, 0.5) is 17.1 Å². The lowest BCUT2D eigenvalue weighted by Crippen LogP contribution is -2.53. The van der Waals surface area contributed by atoms with E-state index in [4.69, 9.17) is 27.9 Å². The first kappa shape index (κ1) is 22.1. The van der Waals surface area contributed by atoms with Gasteiger partial charge in [-0.3, -0.25) is 19.8 Å². The molecule has 10 heteroatoms. The van der Waals surface area contributed by atoms with Crippen molar-refractivity contribution in [2.75, 3.05) is 43.5 Å². The minimum Gasteiger partial charge on any atom is -0.495 e. The van der Waals surface area contributed by atoms with Gasteiger partial charge in [-0.1, -0.05) is 23.2 Å². The number of nitro groups is 1. The molecule has 1 saturated heterocycles. The zero-order chi connectivity index (χ0) is 21.8. The number of hydrogen-bond donors (Lipinski definition) is 1. The Bertz CT molecular complexity index is 948. The van der Waals surface area contributed by atoms with Crippen LogP contribution in [0.15, 0.2) is 36.4 Å². The Morgan fingerprint density at radius 2 is 1.77 bits per heavy atom. The van der Waals surface area contributed by atoms with Crippen LogP contribution in [0.3, 0.4) is 0 Å². The number of ether oxygens (including phenoxy) is 1. The topological polar surface area (TPSA) is 88.0 Å². The average molecular weight is 453 g/mol. The number of methoxy groups -OCH3 is 1. The van der Waals surface area contributed by atoms with Gasteiger partial charge < -0.3 is 15.0 Å². The van der Waals surface area contributed by atoms with Gasteiger partial charge in [0.2, 0.25) is 5.91 Å². The Labute approximate surface area is 184 Å². The molecule has 1 heterocycles. The number of nitrogens with one attached hydrogen (secondary N) is 1. The highest BCUT2D eigenvalue weighted by molar-refractivity contribution is 6.31. The number of amides is 1. The molecule has 0 aromatic heterocycles. The number of nitrogens with zero attached hydrogens (tertiary/aromatic N) is 3. The third kappa shape index (κ3) is 4.95. The van der Waals surface area contributed by atoms with E-state index in [1.807, 2.05) is 16.7 Å². The van der Waals surface area contributed by atoms with E-state index >= 15 is 0 Å². The molecule has 1 atom stereocenters. The Morgan fingerprint density at radius 1 is 1.13 bits per heavy atom. The second-order valence-electron chi connectivity index (χ2n) is 6.92. The molecular formula is C20H22Cl2N4O4. The van der Waals surface area contributed by atoms with Crippen LogP contribution in [0.5, 0.6) is 5.75 Å². The van der Waals surface area contributed by atoms with E-state index in [2.05, 4.69) is 5.32 Å². The highest BCUT2D eigenvalue weighted by Gasteiger charge is 2.29. The van der Waals surface area contributed by atoms with Gasteiger partial charge in [-0.15, -0.1) is 0 Å². The number of benzene rings is 2. The molecule has 0 spiro atoms. The fourth-order valence-electron chi connectivity index (χ4n) is 3.44. The van der Waals surface area contributed by atoms with Gasteiger partial charge in [0.1, 0.15) is 11.4 Å². The van der Waals surface area contributed by atoms with Crippen LogP contribution in [0, 0.1) is 10.1 Å². The van der Waals surface area contributed by atoms with Crippen molar-refractivity contribution in [2.45, 2.75) is 13.0 Å². The number of piperazine rings is 1. The molecule has 1 amide bonds. The first-order chi connectivity index (χ1) is 14.3. The first-order valence-corrected chi connectivity index (χ1v) is 10.1. The maximum absolute atomic E-state index is 12.8. The molecule has 1 unspecified atom stereocenters. The number of hydrogen-bond acceptors (Lipinski definition) is 6. The van der Waals surface area contributed by atoms with Crippen LogP contribution in [0.2, 0.25) is 10.0 Å². The summed E-state index contributed by atoms with van der Waals surface area (Å²) in [6, 6.07) is 9.30. The summed E-state index contributed by atoms with van der Waals surface area (Å²) in [5.41, 5.74) is 1.02.